The number of anilines is 2. The van der Waals surface area contributed by atoms with Gasteiger partial charge in [0.05, 0.1) is 0 Å². The van der Waals surface area contributed by atoms with Crippen LogP contribution in [0.4, 0.5) is 11.6 Å². The Balaban J connectivity index is 2.84. The number of rotatable bonds is 6. The van der Waals surface area contributed by atoms with Gasteiger partial charge in [0.25, 0.3) is 0 Å². The van der Waals surface area contributed by atoms with E-state index in [1.165, 1.54) is 5.75 Å². The first-order valence-electron chi connectivity index (χ1n) is 5.83. The van der Waals surface area contributed by atoms with Gasteiger partial charge in [0, 0.05) is 25.7 Å². The third kappa shape index (κ3) is 3.49. The molecule has 1 unspecified atom stereocenters. The van der Waals surface area contributed by atoms with Crippen molar-refractivity contribution in [3.63, 3.8) is 0 Å². The summed E-state index contributed by atoms with van der Waals surface area (Å²) in [5.74, 6) is 3.09. The van der Waals surface area contributed by atoms with E-state index in [0.717, 1.165) is 23.6 Å². The molecule has 0 aromatic carbocycles. The highest BCUT2D eigenvalue weighted by Crippen LogP contribution is 2.23. The van der Waals surface area contributed by atoms with Crippen molar-refractivity contribution in [2.75, 3.05) is 36.3 Å². The minimum absolute atomic E-state index is 0.487. The molecule has 17 heavy (non-hydrogen) atoms. The number of nitrogens with zero attached hydrogens (tertiary/aromatic N) is 3. The van der Waals surface area contributed by atoms with Crippen molar-refractivity contribution in [3.05, 3.63) is 11.9 Å². The molecule has 0 aliphatic carbocycles. The molecule has 96 valence electrons. The van der Waals surface area contributed by atoms with Gasteiger partial charge in [0.15, 0.2) is 0 Å². The number of thioether (sulfide) groups is 1. The quantitative estimate of drug-likeness (QED) is 0.844. The van der Waals surface area contributed by atoms with Crippen LogP contribution in [-0.2, 0) is 0 Å². The van der Waals surface area contributed by atoms with Gasteiger partial charge >= 0.3 is 0 Å². The monoisotopic (exact) mass is 254 g/mol. The van der Waals surface area contributed by atoms with E-state index in [0.29, 0.717) is 6.04 Å². The highest BCUT2D eigenvalue weighted by molar-refractivity contribution is 7.98. The van der Waals surface area contributed by atoms with Gasteiger partial charge < -0.3 is 10.2 Å². The average Bonchev–Trinajstić information content (AvgIpc) is 2.35. The summed E-state index contributed by atoms with van der Waals surface area (Å²) in [6.07, 6.45) is 4.92. The molecule has 0 bridgehead atoms. The van der Waals surface area contributed by atoms with Crippen molar-refractivity contribution in [1.82, 2.24) is 9.97 Å². The lowest BCUT2D eigenvalue weighted by atomic mass is 10.2. The highest BCUT2D eigenvalue weighted by Gasteiger charge is 2.15. The van der Waals surface area contributed by atoms with Crippen LogP contribution < -0.4 is 10.2 Å². The van der Waals surface area contributed by atoms with Gasteiger partial charge in [0.1, 0.15) is 18.0 Å². The van der Waals surface area contributed by atoms with E-state index >= 15 is 0 Å². The van der Waals surface area contributed by atoms with Crippen LogP contribution in [0.3, 0.4) is 0 Å². The van der Waals surface area contributed by atoms with Gasteiger partial charge in [-0.05, 0) is 32.3 Å². The predicted octanol–water partition coefficient (Wildman–Crippen LogP) is 2.40. The Bertz CT molecular complexity index is 356. The average molecular weight is 254 g/mol. The zero-order chi connectivity index (χ0) is 12.8. The smallest absolute Gasteiger partial charge is 0.137 e. The molecule has 1 rings (SSSR count). The maximum Gasteiger partial charge on any atom is 0.137 e. The van der Waals surface area contributed by atoms with Crippen molar-refractivity contribution in [1.29, 1.82) is 0 Å². The maximum absolute atomic E-state index is 4.38. The Morgan fingerprint density at radius 2 is 2.18 bits per heavy atom. The molecule has 1 heterocycles. The first kappa shape index (κ1) is 14.1. The van der Waals surface area contributed by atoms with Crippen LogP contribution in [0.5, 0.6) is 0 Å². The summed E-state index contributed by atoms with van der Waals surface area (Å²) in [7, 11) is 3.98. The summed E-state index contributed by atoms with van der Waals surface area (Å²) in [5, 5.41) is 3.09. The fourth-order valence-electron chi connectivity index (χ4n) is 1.74. The molecule has 0 aliphatic rings. The molecule has 0 saturated heterocycles. The van der Waals surface area contributed by atoms with Crippen LogP contribution in [0.1, 0.15) is 18.9 Å². The van der Waals surface area contributed by atoms with E-state index < -0.39 is 0 Å². The van der Waals surface area contributed by atoms with Crippen LogP contribution in [0.15, 0.2) is 6.33 Å². The second-order valence-corrected chi connectivity index (χ2v) is 5.15. The van der Waals surface area contributed by atoms with Gasteiger partial charge in [-0.1, -0.05) is 0 Å². The van der Waals surface area contributed by atoms with Crippen molar-refractivity contribution in [2.45, 2.75) is 26.3 Å². The largest absolute Gasteiger partial charge is 0.373 e. The molecular weight excluding hydrogens is 232 g/mol. The second-order valence-electron chi connectivity index (χ2n) is 4.16. The molecule has 5 heteroatoms. The molecular formula is C12H22N4S. The Hall–Kier alpha value is -0.970. The highest BCUT2D eigenvalue weighted by atomic mass is 32.2. The van der Waals surface area contributed by atoms with Crippen LogP contribution in [0.2, 0.25) is 0 Å². The molecule has 4 nitrogen and oxygen atoms in total. The molecule has 0 radical (unpaired) electrons. The van der Waals surface area contributed by atoms with Gasteiger partial charge in [-0.2, -0.15) is 11.8 Å². The van der Waals surface area contributed by atoms with Crippen molar-refractivity contribution in [2.24, 2.45) is 0 Å². The van der Waals surface area contributed by atoms with E-state index in [4.69, 9.17) is 0 Å². The van der Waals surface area contributed by atoms with Crippen LogP contribution in [-0.4, -0.2) is 42.1 Å². The summed E-state index contributed by atoms with van der Waals surface area (Å²) in [6.45, 7) is 4.29. The maximum atomic E-state index is 4.38. The summed E-state index contributed by atoms with van der Waals surface area (Å²) < 4.78 is 0. The first-order valence-corrected chi connectivity index (χ1v) is 7.22. The van der Waals surface area contributed by atoms with Gasteiger partial charge in [0.2, 0.25) is 0 Å². The number of nitrogens with one attached hydrogen (secondary N) is 1. The molecule has 0 amide bonds. The van der Waals surface area contributed by atoms with E-state index in [1.54, 1.807) is 6.33 Å². The minimum Gasteiger partial charge on any atom is -0.373 e. The zero-order valence-corrected chi connectivity index (χ0v) is 12.1. The molecule has 0 spiro atoms. The van der Waals surface area contributed by atoms with Crippen molar-refractivity contribution in [3.8, 4) is 0 Å². The minimum atomic E-state index is 0.487. The predicted molar refractivity (Wildman–Crippen MR) is 77.2 cm³/mol. The lowest BCUT2D eigenvalue weighted by Crippen LogP contribution is -2.31. The van der Waals surface area contributed by atoms with E-state index in [1.807, 2.05) is 18.8 Å². The molecule has 1 aromatic heterocycles. The molecule has 0 fully saturated rings. The van der Waals surface area contributed by atoms with E-state index in [9.17, 15) is 0 Å². The van der Waals surface area contributed by atoms with Crippen molar-refractivity contribution < 1.29 is 0 Å². The fourth-order valence-corrected chi connectivity index (χ4v) is 2.32. The molecule has 0 aliphatic heterocycles. The summed E-state index contributed by atoms with van der Waals surface area (Å²) in [6, 6.07) is 0.487. The number of aromatic nitrogens is 2. The SMILES string of the molecule is CNc1ncnc(N(C)C(C)CCSC)c1C. The first-order chi connectivity index (χ1) is 8.11. The van der Waals surface area contributed by atoms with E-state index in [2.05, 4.69) is 47.3 Å². The lowest BCUT2D eigenvalue weighted by molar-refractivity contribution is 0.659. The van der Waals surface area contributed by atoms with Crippen LogP contribution >= 0.6 is 11.8 Å². The van der Waals surface area contributed by atoms with Crippen LogP contribution in [0.25, 0.3) is 0 Å². The third-order valence-electron chi connectivity index (χ3n) is 3.03. The molecule has 0 saturated carbocycles. The van der Waals surface area contributed by atoms with E-state index in [-0.39, 0.29) is 0 Å². The van der Waals surface area contributed by atoms with Gasteiger partial charge in [-0.3, -0.25) is 0 Å². The molecule has 1 N–H and O–H groups in total. The molecule has 1 aromatic rings. The topological polar surface area (TPSA) is 41.1 Å². The number of hydrogen-bond acceptors (Lipinski definition) is 5. The second kappa shape index (κ2) is 6.69. The Kier molecular flexibility index (Phi) is 5.55. The Labute approximate surface area is 108 Å². The fraction of sp³-hybridized carbons (Fsp3) is 0.667. The summed E-state index contributed by atoms with van der Waals surface area (Å²) >= 11 is 1.88. The van der Waals surface area contributed by atoms with Gasteiger partial charge in [-0.15, -0.1) is 0 Å². The van der Waals surface area contributed by atoms with Crippen molar-refractivity contribution >= 4 is 23.4 Å². The Morgan fingerprint density at radius 3 is 2.76 bits per heavy atom. The van der Waals surface area contributed by atoms with Crippen LogP contribution in [0, 0.1) is 6.92 Å². The summed E-state index contributed by atoms with van der Waals surface area (Å²) in [5.41, 5.74) is 1.11. The normalized spacial score (nSPS) is 12.3. The standard InChI is InChI=1S/C12H22N4S/c1-9(6-7-17-5)16(4)12-10(2)11(13-3)14-8-15-12/h8-9H,6-7H2,1-5H3,(H,13,14,15). The zero-order valence-electron chi connectivity index (χ0n) is 11.3. The van der Waals surface area contributed by atoms with Gasteiger partial charge in [-0.25, -0.2) is 9.97 Å². The Morgan fingerprint density at radius 1 is 1.47 bits per heavy atom. The molecule has 1 atom stereocenters. The number of hydrogen-bond donors (Lipinski definition) is 1. The lowest BCUT2D eigenvalue weighted by Gasteiger charge is -2.27. The summed E-state index contributed by atoms with van der Waals surface area (Å²) in [4.78, 5) is 10.8. The third-order valence-corrected chi connectivity index (χ3v) is 3.67.